The summed E-state index contributed by atoms with van der Waals surface area (Å²) in [4.78, 5) is 34.4. The molecule has 0 atom stereocenters. The van der Waals surface area contributed by atoms with E-state index < -0.39 is 18.5 Å². The summed E-state index contributed by atoms with van der Waals surface area (Å²) in [5, 5.41) is 4.90. The number of carbonyl (C=O) groups excluding carboxylic acids is 3. The first-order chi connectivity index (χ1) is 11.8. The number of benzene rings is 1. The van der Waals surface area contributed by atoms with Gasteiger partial charge in [-0.1, -0.05) is 26.0 Å². The van der Waals surface area contributed by atoms with Crippen LogP contribution in [0.3, 0.4) is 0 Å². The number of rotatable bonds is 9. The molecule has 2 N–H and O–H groups in total. The minimum atomic E-state index is -0.650. The highest BCUT2D eigenvalue weighted by molar-refractivity contribution is 5.86. The highest BCUT2D eigenvalue weighted by Gasteiger charge is 2.11. The van der Waals surface area contributed by atoms with Gasteiger partial charge in [0.05, 0.1) is 6.54 Å². The number of nitrogens with one attached hydrogen (secondary N) is 2. The fourth-order valence-electron chi connectivity index (χ4n) is 1.95. The van der Waals surface area contributed by atoms with Crippen LogP contribution in [0.25, 0.3) is 0 Å². The van der Waals surface area contributed by atoms with E-state index in [1.54, 1.807) is 6.92 Å². The van der Waals surface area contributed by atoms with Crippen LogP contribution >= 0.6 is 0 Å². The Labute approximate surface area is 148 Å². The van der Waals surface area contributed by atoms with Crippen molar-refractivity contribution in [3.63, 3.8) is 0 Å². The van der Waals surface area contributed by atoms with E-state index in [0.29, 0.717) is 18.2 Å². The van der Waals surface area contributed by atoms with Crippen molar-refractivity contribution in [3.05, 3.63) is 29.3 Å². The van der Waals surface area contributed by atoms with Gasteiger partial charge in [0.15, 0.2) is 13.2 Å². The summed E-state index contributed by atoms with van der Waals surface area (Å²) < 4.78 is 10.3. The lowest BCUT2D eigenvalue weighted by Crippen LogP contribution is -2.38. The number of carbonyl (C=O) groups is 3. The monoisotopic (exact) mass is 350 g/mol. The molecular formula is C18H26N2O5. The van der Waals surface area contributed by atoms with E-state index in [2.05, 4.69) is 24.5 Å². The van der Waals surface area contributed by atoms with E-state index in [9.17, 15) is 14.4 Å². The van der Waals surface area contributed by atoms with E-state index in [1.807, 2.05) is 25.1 Å². The van der Waals surface area contributed by atoms with Crippen LogP contribution in [0.15, 0.2) is 18.2 Å². The van der Waals surface area contributed by atoms with Crippen LogP contribution in [0.2, 0.25) is 0 Å². The van der Waals surface area contributed by atoms with Crippen LogP contribution in [0, 0.1) is 6.92 Å². The first kappa shape index (κ1) is 20.5. The van der Waals surface area contributed by atoms with Gasteiger partial charge in [-0.25, -0.2) is 4.79 Å². The van der Waals surface area contributed by atoms with Gasteiger partial charge in [0, 0.05) is 6.54 Å². The zero-order valence-corrected chi connectivity index (χ0v) is 15.2. The summed E-state index contributed by atoms with van der Waals surface area (Å²) in [6.45, 7) is 7.41. The first-order valence-electron chi connectivity index (χ1n) is 8.25. The molecular weight excluding hydrogens is 324 g/mol. The Balaban J connectivity index is 2.37. The SMILES string of the molecule is CCNC(=O)CNC(=O)COC(=O)COc1cc(C(C)C)ccc1C. The molecule has 1 aromatic carbocycles. The van der Waals surface area contributed by atoms with Crippen molar-refractivity contribution in [2.75, 3.05) is 26.3 Å². The number of aryl methyl sites for hydroxylation is 1. The zero-order chi connectivity index (χ0) is 18.8. The van der Waals surface area contributed by atoms with Gasteiger partial charge < -0.3 is 20.1 Å². The average molecular weight is 350 g/mol. The Morgan fingerprint density at radius 1 is 1.08 bits per heavy atom. The number of hydrogen-bond donors (Lipinski definition) is 2. The minimum Gasteiger partial charge on any atom is -0.482 e. The van der Waals surface area contributed by atoms with Gasteiger partial charge in [0.2, 0.25) is 5.91 Å². The number of esters is 1. The molecule has 0 bridgehead atoms. The number of amides is 2. The zero-order valence-electron chi connectivity index (χ0n) is 15.2. The molecule has 1 rings (SSSR count). The Bertz CT molecular complexity index is 613. The molecule has 0 aliphatic rings. The second-order valence-corrected chi connectivity index (χ2v) is 5.86. The van der Waals surface area contributed by atoms with Gasteiger partial charge in [0.25, 0.3) is 5.91 Å². The van der Waals surface area contributed by atoms with Crippen molar-refractivity contribution < 1.29 is 23.9 Å². The van der Waals surface area contributed by atoms with Gasteiger partial charge >= 0.3 is 5.97 Å². The van der Waals surface area contributed by atoms with Gasteiger partial charge in [-0.2, -0.15) is 0 Å². The molecule has 0 radical (unpaired) electrons. The average Bonchev–Trinajstić information content (AvgIpc) is 2.57. The van der Waals surface area contributed by atoms with Crippen molar-refractivity contribution in [2.45, 2.75) is 33.6 Å². The maximum Gasteiger partial charge on any atom is 0.344 e. The van der Waals surface area contributed by atoms with Crippen LogP contribution in [0.5, 0.6) is 5.75 Å². The number of ether oxygens (including phenoxy) is 2. The van der Waals surface area contributed by atoms with Crippen LogP contribution < -0.4 is 15.4 Å². The van der Waals surface area contributed by atoms with Gasteiger partial charge in [0.1, 0.15) is 5.75 Å². The van der Waals surface area contributed by atoms with E-state index in [-0.39, 0.29) is 19.1 Å². The molecule has 1 aromatic rings. The lowest BCUT2D eigenvalue weighted by molar-refractivity contribution is -0.150. The van der Waals surface area contributed by atoms with E-state index in [0.717, 1.165) is 11.1 Å². The molecule has 0 heterocycles. The molecule has 0 saturated carbocycles. The molecule has 7 heteroatoms. The van der Waals surface area contributed by atoms with Gasteiger partial charge in [-0.05, 0) is 37.0 Å². The molecule has 2 amide bonds. The summed E-state index contributed by atoms with van der Waals surface area (Å²) in [6, 6.07) is 5.85. The van der Waals surface area contributed by atoms with Crippen molar-refractivity contribution in [1.82, 2.24) is 10.6 Å². The standard InChI is InChI=1S/C18H26N2O5/c1-5-19-16(21)9-20-17(22)10-25-18(23)11-24-15-8-14(12(2)3)7-6-13(15)4/h6-8,12H,5,9-11H2,1-4H3,(H,19,21)(H,20,22). The lowest BCUT2D eigenvalue weighted by atomic mass is 10.0. The third-order valence-electron chi connectivity index (χ3n) is 3.41. The Hall–Kier alpha value is -2.57. The number of hydrogen-bond acceptors (Lipinski definition) is 5. The maximum absolute atomic E-state index is 11.7. The molecule has 7 nitrogen and oxygen atoms in total. The molecule has 25 heavy (non-hydrogen) atoms. The Morgan fingerprint density at radius 2 is 1.80 bits per heavy atom. The quantitative estimate of drug-likeness (QED) is 0.655. The van der Waals surface area contributed by atoms with Crippen molar-refractivity contribution in [2.24, 2.45) is 0 Å². The van der Waals surface area contributed by atoms with E-state index in [4.69, 9.17) is 9.47 Å². The molecule has 0 fully saturated rings. The van der Waals surface area contributed by atoms with Gasteiger partial charge in [-0.3, -0.25) is 9.59 Å². The molecule has 0 aliphatic heterocycles. The summed E-state index contributed by atoms with van der Waals surface area (Å²) >= 11 is 0. The number of likely N-dealkylation sites (N-methyl/N-ethyl adjacent to an activating group) is 1. The molecule has 138 valence electrons. The largest absolute Gasteiger partial charge is 0.482 e. The van der Waals surface area contributed by atoms with Crippen LogP contribution in [-0.4, -0.2) is 44.1 Å². The van der Waals surface area contributed by atoms with Crippen molar-refractivity contribution in [1.29, 1.82) is 0 Å². The predicted molar refractivity (Wildman–Crippen MR) is 93.4 cm³/mol. The predicted octanol–water partition coefficient (Wildman–Crippen LogP) is 1.29. The van der Waals surface area contributed by atoms with Crippen molar-refractivity contribution >= 4 is 17.8 Å². The van der Waals surface area contributed by atoms with Gasteiger partial charge in [-0.15, -0.1) is 0 Å². The Morgan fingerprint density at radius 3 is 2.44 bits per heavy atom. The summed E-state index contributed by atoms with van der Waals surface area (Å²) in [5.41, 5.74) is 2.02. The molecule has 0 saturated heterocycles. The second-order valence-electron chi connectivity index (χ2n) is 5.86. The van der Waals surface area contributed by atoms with E-state index in [1.165, 1.54) is 0 Å². The minimum absolute atomic E-state index is 0.151. The third-order valence-corrected chi connectivity index (χ3v) is 3.41. The van der Waals surface area contributed by atoms with Crippen LogP contribution in [0.4, 0.5) is 0 Å². The third kappa shape index (κ3) is 7.69. The smallest absolute Gasteiger partial charge is 0.344 e. The fraction of sp³-hybridized carbons (Fsp3) is 0.500. The highest BCUT2D eigenvalue weighted by Crippen LogP contribution is 2.24. The maximum atomic E-state index is 11.7. The molecule has 0 aromatic heterocycles. The Kier molecular flexibility index (Phi) is 8.46. The first-order valence-corrected chi connectivity index (χ1v) is 8.25. The van der Waals surface area contributed by atoms with Crippen LogP contribution in [0.1, 0.15) is 37.8 Å². The fourth-order valence-corrected chi connectivity index (χ4v) is 1.95. The lowest BCUT2D eigenvalue weighted by Gasteiger charge is -2.12. The molecule has 0 unspecified atom stereocenters. The topological polar surface area (TPSA) is 93.7 Å². The summed E-state index contributed by atoms with van der Waals surface area (Å²) in [7, 11) is 0. The summed E-state index contributed by atoms with van der Waals surface area (Å²) in [6.07, 6.45) is 0. The molecule has 0 aliphatic carbocycles. The normalized spacial score (nSPS) is 10.3. The van der Waals surface area contributed by atoms with E-state index >= 15 is 0 Å². The highest BCUT2D eigenvalue weighted by atomic mass is 16.6. The summed E-state index contributed by atoms with van der Waals surface area (Å²) in [5.74, 6) is -0.529. The molecule has 0 spiro atoms. The van der Waals surface area contributed by atoms with Crippen LogP contribution in [-0.2, 0) is 19.1 Å². The second kappa shape index (κ2) is 10.3. The van der Waals surface area contributed by atoms with Crippen molar-refractivity contribution in [3.8, 4) is 5.75 Å².